The molecule has 0 radical (unpaired) electrons. The lowest BCUT2D eigenvalue weighted by atomic mass is 9.98. The Labute approximate surface area is 311 Å². The van der Waals surface area contributed by atoms with Crippen LogP contribution in [0.15, 0.2) is 74.1 Å². The van der Waals surface area contributed by atoms with Gasteiger partial charge in [0.25, 0.3) is 0 Å². The molecule has 48 heavy (non-hydrogen) atoms. The predicted molar refractivity (Wildman–Crippen MR) is 206 cm³/mol. The highest BCUT2D eigenvalue weighted by Crippen LogP contribution is 2.39. The number of ketones is 1. The first kappa shape index (κ1) is 38.2. The van der Waals surface area contributed by atoms with Crippen molar-refractivity contribution in [1.82, 2.24) is 9.80 Å². The van der Waals surface area contributed by atoms with Crippen molar-refractivity contribution in [3.05, 3.63) is 135 Å². The van der Waals surface area contributed by atoms with Crippen LogP contribution in [0.4, 0.5) is 0 Å². The second-order valence-electron chi connectivity index (χ2n) is 12.9. The number of hydrogen-bond acceptors (Lipinski definition) is 5. The van der Waals surface area contributed by atoms with Gasteiger partial charge in [-0.05, 0) is 117 Å². The Morgan fingerprint density at radius 3 is 1.75 bits per heavy atom. The summed E-state index contributed by atoms with van der Waals surface area (Å²) in [6.45, 7) is 17.7. The summed E-state index contributed by atoms with van der Waals surface area (Å²) in [6, 6.07) is 20.9. The Kier molecular flexibility index (Phi) is 13.4. The first-order valence-electron chi connectivity index (χ1n) is 16.1. The lowest BCUT2D eigenvalue weighted by molar-refractivity contribution is -0.142. The molecule has 1 unspecified atom stereocenters. The maximum Gasteiger partial charge on any atom is 0.319 e. The molecule has 1 aliphatic rings. The van der Waals surface area contributed by atoms with E-state index in [0.717, 1.165) is 37.6 Å². The third kappa shape index (κ3) is 9.33. The minimum absolute atomic E-state index is 0.136. The maximum atomic E-state index is 12.3. The molecule has 0 N–H and O–H groups in total. The smallest absolute Gasteiger partial charge is 0.319 e. The molecule has 5 rings (SSSR count). The van der Waals surface area contributed by atoms with Crippen LogP contribution in [0.25, 0.3) is 0 Å². The summed E-state index contributed by atoms with van der Waals surface area (Å²) >= 11 is 10.9. The Balaban J connectivity index is 0.000000217. The Hall–Kier alpha value is -2.62. The van der Waals surface area contributed by atoms with E-state index >= 15 is 0 Å². The first-order chi connectivity index (χ1) is 22.7. The van der Waals surface area contributed by atoms with Gasteiger partial charge in [0.15, 0.2) is 5.78 Å². The number of fused-ring (bicyclic) bond motifs is 1. The van der Waals surface area contributed by atoms with Crippen molar-refractivity contribution in [3.63, 3.8) is 0 Å². The molecule has 0 saturated carbocycles. The molecule has 0 saturated heterocycles. The van der Waals surface area contributed by atoms with Crippen LogP contribution in [-0.2, 0) is 40.5 Å². The zero-order valence-corrected chi connectivity index (χ0v) is 33.9. The summed E-state index contributed by atoms with van der Waals surface area (Å²) in [5, 5.41) is 0. The highest BCUT2D eigenvalue weighted by atomic mass is 79.9. The summed E-state index contributed by atoms with van der Waals surface area (Å²) in [6.07, 6.45) is 0. The lowest BCUT2D eigenvalue weighted by Crippen LogP contribution is -2.30. The number of ether oxygens (including phenoxy) is 1. The van der Waals surface area contributed by atoms with Crippen LogP contribution < -0.4 is 0 Å². The molecular weight excluding hydrogens is 796 g/mol. The van der Waals surface area contributed by atoms with Crippen molar-refractivity contribution < 1.29 is 14.3 Å². The van der Waals surface area contributed by atoms with Crippen LogP contribution in [0.2, 0.25) is 0 Å². The van der Waals surface area contributed by atoms with Crippen molar-refractivity contribution in [2.24, 2.45) is 0 Å². The van der Waals surface area contributed by atoms with Crippen LogP contribution in [-0.4, -0.2) is 35.2 Å². The fourth-order valence-corrected chi connectivity index (χ4v) is 8.54. The highest BCUT2D eigenvalue weighted by molar-refractivity contribution is 9.11. The van der Waals surface area contributed by atoms with Gasteiger partial charge in [0.2, 0.25) is 0 Å². The van der Waals surface area contributed by atoms with Gasteiger partial charge in [-0.15, -0.1) is 0 Å². The SMILES string of the molecule is CC(=O)C1c2cccc(Br)c2CN1Cc1c(C)cc(C)cc1C.COC(=O)CN(Cc1c(C)cc(C)cc1C)Cc1c(Br)cccc1Br. The molecule has 4 aromatic rings. The Bertz CT molecular complexity index is 1750. The topological polar surface area (TPSA) is 49.9 Å². The Morgan fingerprint density at radius 1 is 0.750 bits per heavy atom. The molecule has 8 heteroatoms. The number of carbonyl (C=O) groups is 2. The molecule has 1 atom stereocenters. The lowest BCUT2D eigenvalue weighted by Gasteiger charge is -2.25. The van der Waals surface area contributed by atoms with Crippen molar-refractivity contribution >= 4 is 59.5 Å². The first-order valence-corrected chi connectivity index (χ1v) is 18.4. The molecule has 1 heterocycles. The van der Waals surface area contributed by atoms with Crippen molar-refractivity contribution in [2.45, 2.75) is 80.7 Å². The van der Waals surface area contributed by atoms with Gasteiger partial charge in [-0.2, -0.15) is 0 Å². The van der Waals surface area contributed by atoms with Gasteiger partial charge in [-0.3, -0.25) is 19.4 Å². The van der Waals surface area contributed by atoms with Gasteiger partial charge in [-0.25, -0.2) is 0 Å². The third-order valence-electron chi connectivity index (χ3n) is 9.01. The number of halogens is 3. The minimum Gasteiger partial charge on any atom is -0.468 e. The van der Waals surface area contributed by atoms with Crippen LogP contribution in [0.1, 0.15) is 74.2 Å². The number of rotatable bonds is 9. The molecule has 0 fully saturated rings. The van der Waals surface area contributed by atoms with E-state index in [9.17, 15) is 9.59 Å². The zero-order chi connectivity index (χ0) is 35.3. The molecule has 4 aromatic carbocycles. The van der Waals surface area contributed by atoms with Gasteiger partial charge in [0, 0.05) is 39.6 Å². The molecule has 254 valence electrons. The van der Waals surface area contributed by atoms with E-state index in [-0.39, 0.29) is 24.3 Å². The maximum absolute atomic E-state index is 12.3. The number of aryl methyl sites for hydroxylation is 6. The average molecular weight is 842 g/mol. The number of esters is 1. The average Bonchev–Trinajstić information content (AvgIpc) is 3.38. The van der Waals surface area contributed by atoms with Gasteiger partial charge in [-0.1, -0.05) is 101 Å². The third-order valence-corrected chi connectivity index (χ3v) is 11.2. The van der Waals surface area contributed by atoms with Crippen LogP contribution >= 0.6 is 47.8 Å². The molecule has 0 aromatic heterocycles. The van der Waals surface area contributed by atoms with E-state index in [1.54, 1.807) is 6.92 Å². The normalized spacial score (nSPS) is 14.0. The zero-order valence-electron chi connectivity index (χ0n) is 29.1. The van der Waals surface area contributed by atoms with Crippen molar-refractivity contribution in [2.75, 3.05) is 13.7 Å². The van der Waals surface area contributed by atoms with E-state index in [1.807, 2.05) is 24.3 Å². The fourth-order valence-electron chi connectivity index (χ4n) is 6.78. The van der Waals surface area contributed by atoms with E-state index in [4.69, 9.17) is 4.74 Å². The molecule has 0 spiro atoms. The number of hydrogen-bond donors (Lipinski definition) is 0. The molecular formula is C40H45Br3N2O3. The second kappa shape index (κ2) is 16.9. The molecule has 0 amide bonds. The monoisotopic (exact) mass is 838 g/mol. The van der Waals surface area contributed by atoms with E-state index in [0.29, 0.717) is 13.1 Å². The van der Waals surface area contributed by atoms with E-state index in [2.05, 4.69) is 136 Å². The number of nitrogens with zero attached hydrogens (tertiary/aromatic N) is 2. The summed E-state index contributed by atoms with van der Waals surface area (Å²) in [5.74, 6) is -0.0186. The second-order valence-corrected chi connectivity index (χ2v) is 15.5. The highest BCUT2D eigenvalue weighted by Gasteiger charge is 2.34. The van der Waals surface area contributed by atoms with Gasteiger partial charge in [0.1, 0.15) is 0 Å². The molecule has 0 bridgehead atoms. The van der Waals surface area contributed by atoms with Gasteiger partial charge in [0.05, 0.1) is 19.7 Å². The van der Waals surface area contributed by atoms with Gasteiger partial charge >= 0.3 is 5.97 Å². The molecule has 1 aliphatic heterocycles. The molecule has 0 aliphatic carbocycles. The summed E-state index contributed by atoms with van der Waals surface area (Å²) in [5.41, 5.74) is 13.8. The summed E-state index contributed by atoms with van der Waals surface area (Å²) < 4.78 is 8.03. The number of benzene rings is 4. The van der Waals surface area contributed by atoms with Gasteiger partial charge < -0.3 is 4.74 Å². The predicted octanol–water partition coefficient (Wildman–Crippen LogP) is 10.3. The van der Waals surface area contributed by atoms with Crippen LogP contribution in [0.3, 0.4) is 0 Å². The van der Waals surface area contributed by atoms with E-state index in [1.165, 1.54) is 57.2 Å². The van der Waals surface area contributed by atoms with E-state index < -0.39 is 0 Å². The van der Waals surface area contributed by atoms with Crippen molar-refractivity contribution in [3.8, 4) is 0 Å². The van der Waals surface area contributed by atoms with Crippen LogP contribution in [0, 0.1) is 41.5 Å². The summed E-state index contributed by atoms with van der Waals surface area (Å²) in [7, 11) is 1.43. The standard InChI is InChI=1S/C20H23Br2NO2.C20H22BrNO/c1-13-8-14(2)16(15(3)9-13)10-23(12-20(24)25-4)11-17-18(21)6-5-7-19(17)22;1-12-8-13(2)17(14(3)9-12)10-22-11-18-16(20(22)15(4)23)6-5-7-19(18)21/h5-9H,10-12H2,1-4H3;5-9,20H,10-11H2,1-4H3. The number of Topliss-reactive ketones (excluding diaryl/α,β-unsaturated/α-hetero) is 1. The van der Waals surface area contributed by atoms with Crippen molar-refractivity contribution in [1.29, 1.82) is 0 Å². The fraction of sp³-hybridized carbons (Fsp3) is 0.350. The summed E-state index contributed by atoms with van der Waals surface area (Å²) in [4.78, 5) is 28.6. The largest absolute Gasteiger partial charge is 0.468 e. The quantitative estimate of drug-likeness (QED) is 0.157. The number of carbonyl (C=O) groups excluding carboxylic acids is 2. The minimum atomic E-state index is -0.231. The number of methoxy groups -OCH3 is 1. The Morgan fingerprint density at radius 2 is 1.23 bits per heavy atom. The van der Waals surface area contributed by atoms with Crippen LogP contribution in [0.5, 0.6) is 0 Å². The molecule has 5 nitrogen and oxygen atoms in total.